The maximum Gasteiger partial charge on any atom is 0.407 e. The minimum Gasteiger partial charge on any atom is -0.465 e. The zero-order valence-corrected chi connectivity index (χ0v) is 12.7. The van der Waals surface area contributed by atoms with Gasteiger partial charge in [0, 0.05) is 24.6 Å². The maximum atomic E-state index is 11.2. The molecule has 1 heterocycles. The Morgan fingerprint density at radius 3 is 2.87 bits per heavy atom. The first kappa shape index (κ1) is 15.4. The van der Waals surface area contributed by atoms with Crippen LogP contribution in [0.4, 0.5) is 4.79 Å². The molecular weight excluding hydrogens is 292 g/mol. The average Bonchev–Trinajstić information content (AvgIpc) is 3.00. The average molecular weight is 310 g/mol. The third-order valence-corrected chi connectivity index (χ3v) is 4.87. The van der Waals surface area contributed by atoms with Crippen LogP contribution in [-0.2, 0) is 0 Å². The first-order chi connectivity index (χ1) is 11.0. The summed E-state index contributed by atoms with van der Waals surface area (Å²) in [4.78, 5) is 12.6. The highest BCUT2D eigenvalue weighted by molar-refractivity contribution is 5.65. The number of hydrogen-bond acceptors (Lipinski definition) is 3. The van der Waals surface area contributed by atoms with Gasteiger partial charge in [0.05, 0.1) is 11.6 Å². The van der Waals surface area contributed by atoms with Crippen LogP contribution in [0, 0.1) is 35.0 Å². The van der Waals surface area contributed by atoms with Crippen molar-refractivity contribution in [3.05, 3.63) is 35.4 Å². The van der Waals surface area contributed by atoms with Gasteiger partial charge in [-0.25, -0.2) is 4.79 Å². The fourth-order valence-corrected chi connectivity index (χ4v) is 3.68. The molecule has 1 aromatic carbocycles. The lowest BCUT2D eigenvalue weighted by atomic mass is 9.71. The van der Waals surface area contributed by atoms with E-state index in [0.717, 1.165) is 12.8 Å². The number of nitrogens with zero attached hydrogens (tertiary/aromatic N) is 2. The van der Waals surface area contributed by atoms with Crippen LogP contribution in [0.3, 0.4) is 0 Å². The maximum absolute atomic E-state index is 11.2. The molecule has 2 fully saturated rings. The van der Waals surface area contributed by atoms with Crippen molar-refractivity contribution in [1.29, 1.82) is 5.26 Å². The number of benzene rings is 1. The predicted molar refractivity (Wildman–Crippen MR) is 83.4 cm³/mol. The summed E-state index contributed by atoms with van der Waals surface area (Å²) >= 11 is 0. The molecule has 0 radical (unpaired) electrons. The standard InChI is InChI=1S/C18H18N2O3/c19-10-14-4-1-3-13(9-14)6-8-18(23)7-2-5-15-11-20(17(21)22)12-16(15)18/h1,3-4,9,15-16,23H,2,5,7,11-12H2,(H,21,22). The molecule has 1 aliphatic heterocycles. The lowest BCUT2D eigenvalue weighted by molar-refractivity contribution is -0.00776. The molecule has 1 saturated heterocycles. The molecule has 0 spiro atoms. The number of carboxylic acid groups (broad SMARTS) is 1. The summed E-state index contributed by atoms with van der Waals surface area (Å²) < 4.78 is 0. The highest BCUT2D eigenvalue weighted by Crippen LogP contribution is 2.42. The second-order valence-corrected chi connectivity index (χ2v) is 6.31. The Labute approximate surface area is 135 Å². The Hall–Kier alpha value is -2.50. The number of rotatable bonds is 0. The predicted octanol–water partition coefficient (Wildman–Crippen LogP) is 2.05. The molecule has 1 amide bonds. The quantitative estimate of drug-likeness (QED) is 0.718. The summed E-state index contributed by atoms with van der Waals surface area (Å²) in [6.07, 6.45) is 1.41. The lowest BCUT2D eigenvalue weighted by Crippen LogP contribution is -2.44. The lowest BCUT2D eigenvalue weighted by Gasteiger charge is -2.37. The van der Waals surface area contributed by atoms with Gasteiger partial charge in [0.2, 0.25) is 0 Å². The smallest absolute Gasteiger partial charge is 0.407 e. The normalized spacial score (nSPS) is 29.1. The van der Waals surface area contributed by atoms with Crippen LogP contribution in [0.1, 0.15) is 30.4 Å². The molecule has 23 heavy (non-hydrogen) atoms. The van der Waals surface area contributed by atoms with Crippen LogP contribution in [0.5, 0.6) is 0 Å². The van der Waals surface area contributed by atoms with Crippen molar-refractivity contribution in [3.63, 3.8) is 0 Å². The van der Waals surface area contributed by atoms with Crippen LogP contribution in [-0.4, -0.2) is 39.9 Å². The van der Waals surface area contributed by atoms with E-state index in [1.165, 1.54) is 4.90 Å². The minimum absolute atomic E-state index is 0.140. The van der Waals surface area contributed by atoms with Gasteiger partial charge >= 0.3 is 6.09 Å². The molecule has 3 atom stereocenters. The number of likely N-dealkylation sites (tertiary alicyclic amines) is 1. The first-order valence-electron chi connectivity index (χ1n) is 7.75. The fourth-order valence-electron chi connectivity index (χ4n) is 3.68. The molecule has 1 aliphatic carbocycles. The second-order valence-electron chi connectivity index (χ2n) is 6.31. The van der Waals surface area contributed by atoms with E-state index in [0.29, 0.717) is 30.6 Å². The van der Waals surface area contributed by atoms with Gasteiger partial charge < -0.3 is 15.1 Å². The summed E-state index contributed by atoms with van der Waals surface area (Å²) in [6.45, 7) is 0.817. The molecule has 0 aromatic heterocycles. The fraction of sp³-hybridized carbons (Fsp3) is 0.444. The number of amides is 1. The molecule has 3 unspecified atom stereocenters. The van der Waals surface area contributed by atoms with E-state index in [1.54, 1.807) is 24.3 Å². The van der Waals surface area contributed by atoms with E-state index in [1.807, 2.05) is 0 Å². The molecule has 118 valence electrons. The largest absolute Gasteiger partial charge is 0.465 e. The summed E-state index contributed by atoms with van der Waals surface area (Å²) in [5.74, 6) is 5.97. The third kappa shape index (κ3) is 3.02. The Morgan fingerprint density at radius 1 is 1.35 bits per heavy atom. The SMILES string of the molecule is N#Cc1cccc(C#CC2(O)CCCC3CN(C(=O)O)CC32)c1. The highest BCUT2D eigenvalue weighted by Gasteiger charge is 2.49. The van der Waals surface area contributed by atoms with Crippen molar-refractivity contribution in [1.82, 2.24) is 4.90 Å². The van der Waals surface area contributed by atoms with Crippen molar-refractivity contribution in [2.45, 2.75) is 24.9 Å². The van der Waals surface area contributed by atoms with Gasteiger partial charge in [-0.3, -0.25) is 0 Å². The number of hydrogen-bond donors (Lipinski definition) is 2. The van der Waals surface area contributed by atoms with E-state index in [4.69, 9.17) is 5.26 Å². The Balaban J connectivity index is 1.85. The van der Waals surface area contributed by atoms with Crippen LogP contribution in [0.25, 0.3) is 0 Å². The van der Waals surface area contributed by atoms with Gasteiger partial charge in [0.1, 0.15) is 5.60 Å². The van der Waals surface area contributed by atoms with Crippen molar-refractivity contribution in [3.8, 4) is 17.9 Å². The topological polar surface area (TPSA) is 84.6 Å². The van der Waals surface area contributed by atoms with Crippen molar-refractivity contribution < 1.29 is 15.0 Å². The summed E-state index contributed by atoms with van der Waals surface area (Å²) in [5.41, 5.74) is 0.0615. The molecule has 2 aliphatic rings. The number of fused-ring (bicyclic) bond motifs is 1. The van der Waals surface area contributed by atoms with E-state index in [9.17, 15) is 15.0 Å². The molecule has 3 rings (SSSR count). The monoisotopic (exact) mass is 310 g/mol. The Kier molecular flexibility index (Phi) is 3.98. The van der Waals surface area contributed by atoms with Crippen LogP contribution < -0.4 is 0 Å². The molecule has 5 heteroatoms. The van der Waals surface area contributed by atoms with E-state index in [2.05, 4.69) is 17.9 Å². The molecular formula is C18H18N2O3. The highest BCUT2D eigenvalue weighted by atomic mass is 16.4. The van der Waals surface area contributed by atoms with Gasteiger partial charge in [-0.2, -0.15) is 5.26 Å². The zero-order valence-electron chi connectivity index (χ0n) is 12.7. The second kappa shape index (κ2) is 5.95. The van der Waals surface area contributed by atoms with Gasteiger partial charge in [-0.15, -0.1) is 0 Å². The van der Waals surface area contributed by atoms with Gasteiger partial charge in [-0.05, 0) is 43.4 Å². The third-order valence-electron chi connectivity index (χ3n) is 4.87. The van der Waals surface area contributed by atoms with Gasteiger partial charge in [0.25, 0.3) is 0 Å². The van der Waals surface area contributed by atoms with Crippen LogP contribution in [0.2, 0.25) is 0 Å². The Morgan fingerprint density at radius 2 is 2.13 bits per heavy atom. The number of aliphatic hydroxyl groups is 1. The molecule has 5 nitrogen and oxygen atoms in total. The van der Waals surface area contributed by atoms with Crippen molar-refractivity contribution >= 4 is 6.09 Å². The number of carbonyl (C=O) groups is 1. The van der Waals surface area contributed by atoms with E-state index < -0.39 is 11.7 Å². The molecule has 1 saturated carbocycles. The van der Waals surface area contributed by atoms with E-state index in [-0.39, 0.29) is 11.8 Å². The molecule has 0 bridgehead atoms. The summed E-state index contributed by atoms with van der Waals surface area (Å²) in [6, 6.07) is 9.03. The molecule has 1 aromatic rings. The van der Waals surface area contributed by atoms with Crippen molar-refractivity contribution in [2.75, 3.05) is 13.1 Å². The summed E-state index contributed by atoms with van der Waals surface area (Å²) in [7, 11) is 0. The van der Waals surface area contributed by atoms with Gasteiger partial charge in [-0.1, -0.05) is 17.9 Å². The first-order valence-corrected chi connectivity index (χ1v) is 7.75. The van der Waals surface area contributed by atoms with Crippen LogP contribution >= 0.6 is 0 Å². The van der Waals surface area contributed by atoms with Gasteiger partial charge in [0.15, 0.2) is 0 Å². The van der Waals surface area contributed by atoms with Crippen LogP contribution in [0.15, 0.2) is 24.3 Å². The van der Waals surface area contributed by atoms with Crippen molar-refractivity contribution in [2.24, 2.45) is 11.8 Å². The summed E-state index contributed by atoms with van der Waals surface area (Å²) in [5, 5.41) is 29.1. The van der Waals surface area contributed by atoms with E-state index >= 15 is 0 Å². The number of nitriles is 1. The zero-order chi connectivity index (χ0) is 16.4. The Bertz CT molecular complexity index is 728. The molecule has 2 N–H and O–H groups in total. The minimum atomic E-state index is -1.16.